The van der Waals surface area contributed by atoms with Crippen molar-refractivity contribution < 1.29 is 19.1 Å². The number of para-hydroxylation sites is 1. The number of aldehydes is 1. The lowest BCUT2D eigenvalue weighted by molar-refractivity contribution is -0.139. The fourth-order valence-electron chi connectivity index (χ4n) is 3.08. The van der Waals surface area contributed by atoms with Crippen molar-refractivity contribution in [2.45, 2.75) is 20.3 Å². The van der Waals surface area contributed by atoms with E-state index in [4.69, 9.17) is 4.74 Å². The molecule has 0 radical (unpaired) electrons. The Morgan fingerprint density at radius 1 is 1.16 bits per heavy atom. The highest BCUT2D eigenvalue weighted by molar-refractivity contribution is 6.00. The van der Waals surface area contributed by atoms with E-state index < -0.39 is 11.9 Å². The number of nitrogens with zero attached hydrogens (tertiary/aromatic N) is 1. The molecule has 1 heterocycles. The number of anilines is 1. The maximum absolute atomic E-state index is 12.4. The van der Waals surface area contributed by atoms with E-state index in [1.54, 1.807) is 29.2 Å². The highest BCUT2D eigenvalue weighted by Crippen LogP contribution is 2.28. The summed E-state index contributed by atoms with van der Waals surface area (Å²) in [5.41, 5.74) is 3.24. The normalized spacial score (nSPS) is 16.8. The van der Waals surface area contributed by atoms with Crippen LogP contribution >= 0.6 is 0 Å². The maximum Gasteiger partial charge on any atom is 0.316 e. The summed E-state index contributed by atoms with van der Waals surface area (Å²) in [5, 5.41) is 0. The Bertz CT molecular complexity index is 823. The van der Waals surface area contributed by atoms with Gasteiger partial charge in [0.2, 0.25) is 5.91 Å². The summed E-state index contributed by atoms with van der Waals surface area (Å²) in [6.07, 6.45) is 0.749. The molecule has 2 aromatic carbocycles. The molecule has 5 heteroatoms. The Labute approximate surface area is 146 Å². The van der Waals surface area contributed by atoms with E-state index in [1.807, 2.05) is 32.0 Å². The quantitative estimate of drug-likeness (QED) is 0.489. The van der Waals surface area contributed by atoms with Crippen LogP contribution in [0.1, 0.15) is 27.9 Å². The predicted molar refractivity (Wildman–Crippen MR) is 93.8 cm³/mol. The Morgan fingerprint density at radius 3 is 2.52 bits per heavy atom. The second-order valence-electron chi connectivity index (χ2n) is 6.33. The molecule has 1 aliphatic rings. The van der Waals surface area contributed by atoms with E-state index >= 15 is 0 Å². The standard InChI is InChI=1S/C20H19NO4/c1-13-7-14(2)9-17(8-13)21-11-16(10-19(21)23)20(24)25-18-6-4-3-5-15(18)12-22/h3-9,12,16H,10-11H2,1-2H3/t16-/m0/s1. The number of benzene rings is 2. The molecule has 1 saturated heterocycles. The molecule has 1 aliphatic heterocycles. The molecule has 0 N–H and O–H groups in total. The topological polar surface area (TPSA) is 63.7 Å². The van der Waals surface area contributed by atoms with Crippen molar-refractivity contribution in [3.63, 3.8) is 0 Å². The molecule has 0 aromatic heterocycles. The number of carbonyl (C=O) groups excluding carboxylic acids is 3. The molecule has 1 atom stereocenters. The average molecular weight is 337 g/mol. The monoisotopic (exact) mass is 337 g/mol. The fraction of sp³-hybridized carbons (Fsp3) is 0.250. The van der Waals surface area contributed by atoms with Crippen LogP contribution in [0.3, 0.4) is 0 Å². The SMILES string of the molecule is Cc1cc(C)cc(N2C[C@@H](C(=O)Oc3ccccc3C=O)CC2=O)c1. The van der Waals surface area contributed by atoms with Gasteiger partial charge < -0.3 is 9.64 Å². The van der Waals surface area contributed by atoms with Crippen molar-refractivity contribution >= 4 is 23.9 Å². The molecule has 128 valence electrons. The first-order valence-corrected chi connectivity index (χ1v) is 8.12. The molecule has 0 bridgehead atoms. The van der Waals surface area contributed by atoms with Crippen molar-refractivity contribution in [1.29, 1.82) is 0 Å². The third-order valence-electron chi connectivity index (χ3n) is 4.23. The van der Waals surface area contributed by atoms with Crippen LogP contribution in [0.5, 0.6) is 5.75 Å². The van der Waals surface area contributed by atoms with Gasteiger partial charge in [-0.05, 0) is 49.2 Å². The minimum absolute atomic E-state index is 0.101. The van der Waals surface area contributed by atoms with E-state index in [0.717, 1.165) is 16.8 Å². The van der Waals surface area contributed by atoms with Gasteiger partial charge in [-0.15, -0.1) is 0 Å². The van der Waals surface area contributed by atoms with Crippen LogP contribution in [0.15, 0.2) is 42.5 Å². The van der Waals surface area contributed by atoms with Crippen LogP contribution in [0.25, 0.3) is 0 Å². The summed E-state index contributed by atoms with van der Waals surface area (Å²) in [6.45, 7) is 4.22. The first kappa shape index (κ1) is 16.9. The van der Waals surface area contributed by atoms with Gasteiger partial charge in [0.15, 0.2) is 6.29 Å². The van der Waals surface area contributed by atoms with E-state index in [2.05, 4.69) is 0 Å². The number of carbonyl (C=O) groups is 3. The number of rotatable bonds is 4. The van der Waals surface area contributed by atoms with Crippen molar-refractivity contribution in [3.05, 3.63) is 59.2 Å². The number of ether oxygens (including phenoxy) is 1. The molecule has 0 spiro atoms. The van der Waals surface area contributed by atoms with E-state index in [0.29, 0.717) is 11.8 Å². The summed E-state index contributed by atoms with van der Waals surface area (Å²) in [7, 11) is 0. The van der Waals surface area contributed by atoms with Crippen LogP contribution in [-0.4, -0.2) is 24.7 Å². The van der Waals surface area contributed by atoms with Gasteiger partial charge in [0.1, 0.15) is 5.75 Å². The van der Waals surface area contributed by atoms with E-state index in [9.17, 15) is 14.4 Å². The van der Waals surface area contributed by atoms with Crippen LogP contribution in [0, 0.1) is 19.8 Å². The lowest BCUT2D eigenvalue weighted by atomic mass is 10.1. The van der Waals surface area contributed by atoms with E-state index in [1.165, 1.54) is 0 Å². The number of aryl methyl sites for hydroxylation is 2. The smallest absolute Gasteiger partial charge is 0.316 e. The van der Waals surface area contributed by atoms with Gasteiger partial charge in [-0.3, -0.25) is 14.4 Å². The summed E-state index contributed by atoms with van der Waals surface area (Å²) in [6, 6.07) is 12.4. The Balaban J connectivity index is 1.75. The molecule has 2 aromatic rings. The van der Waals surface area contributed by atoms with Gasteiger partial charge in [-0.1, -0.05) is 18.2 Å². The van der Waals surface area contributed by atoms with Gasteiger partial charge in [0.25, 0.3) is 0 Å². The van der Waals surface area contributed by atoms with Crippen LogP contribution in [-0.2, 0) is 9.59 Å². The van der Waals surface area contributed by atoms with Crippen molar-refractivity contribution in [2.24, 2.45) is 5.92 Å². The number of esters is 1. The molecule has 0 saturated carbocycles. The minimum Gasteiger partial charge on any atom is -0.425 e. The molecule has 0 unspecified atom stereocenters. The first-order chi connectivity index (χ1) is 12.0. The number of hydrogen-bond acceptors (Lipinski definition) is 4. The highest BCUT2D eigenvalue weighted by Gasteiger charge is 2.36. The molecule has 1 amide bonds. The number of hydrogen-bond donors (Lipinski definition) is 0. The largest absolute Gasteiger partial charge is 0.425 e. The summed E-state index contributed by atoms with van der Waals surface area (Å²) >= 11 is 0. The van der Waals surface area contributed by atoms with Gasteiger partial charge in [-0.2, -0.15) is 0 Å². The van der Waals surface area contributed by atoms with Crippen molar-refractivity contribution in [1.82, 2.24) is 0 Å². The zero-order valence-electron chi connectivity index (χ0n) is 14.2. The zero-order valence-corrected chi connectivity index (χ0v) is 14.2. The Hall–Kier alpha value is -2.95. The molecule has 25 heavy (non-hydrogen) atoms. The van der Waals surface area contributed by atoms with Gasteiger partial charge in [0, 0.05) is 18.7 Å². The van der Waals surface area contributed by atoms with Crippen LogP contribution in [0.4, 0.5) is 5.69 Å². The van der Waals surface area contributed by atoms with Gasteiger partial charge >= 0.3 is 5.97 Å². The third kappa shape index (κ3) is 3.60. The van der Waals surface area contributed by atoms with Crippen LogP contribution < -0.4 is 9.64 Å². The summed E-state index contributed by atoms with van der Waals surface area (Å²) in [4.78, 5) is 37.4. The molecule has 3 rings (SSSR count). The highest BCUT2D eigenvalue weighted by atomic mass is 16.5. The summed E-state index contributed by atoms with van der Waals surface area (Å²) < 4.78 is 5.35. The Morgan fingerprint density at radius 2 is 1.84 bits per heavy atom. The van der Waals surface area contributed by atoms with Crippen molar-refractivity contribution in [2.75, 3.05) is 11.4 Å². The molecule has 1 fully saturated rings. The minimum atomic E-state index is -0.548. The summed E-state index contributed by atoms with van der Waals surface area (Å²) in [5.74, 6) is -0.919. The van der Waals surface area contributed by atoms with Gasteiger partial charge in [0.05, 0.1) is 11.5 Å². The molecule has 5 nitrogen and oxygen atoms in total. The number of amides is 1. The third-order valence-corrected chi connectivity index (χ3v) is 4.23. The predicted octanol–water partition coefficient (Wildman–Crippen LogP) is 3.07. The maximum atomic E-state index is 12.4. The Kier molecular flexibility index (Phi) is 4.65. The molecular formula is C20H19NO4. The zero-order chi connectivity index (χ0) is 18.0. The first-order valence-electron chi connectivity index (χ1n) is 8.12. The van der Waals surface area contributed by atoms with Crippen LogP contribution in [0.2, 0.25) is 0 Å². The molecule has 0 aliphatic carbocycles. The average Bonchev–Trinajstić information content (AvgIpc) is 2.96. The lowest BCUT2D eigenvalue weighted by Crippen LogP contribution is -2.27. The fourth-order valence-corrected chi connectivity index (χ4v) is 3.08. The second-order valence-corrected chi connectivity index (χ2v) is 6.33. The van der Waals surface area contributed by atoms with Gasteiger partial charge in [-0.25, -0.2) is 0 Å². The van der Waals surface area contributed by atoms with Crippen molar-refractivity contribution in [3.8, 4) is 5.75 Å². The molecular weight excluding hydrogens is 318 g/mol. The van der Waals surface area contributed by atoms with E-state index in [-0.39, 0.29) is 24.6 Å². The lowest BCUT2D eigenvalue weighted by Gasteiger charge is -2.18. The second kappa shape index (κ2) is 6.89.